The van der Waals surface area contributed by atoms with Crippen molar-refractivity contribution >= 4 is 11.3 Å². The maximum atomic E-state index is 5.36. The van der Waals surface area contributed by atoms with Crippen molar-refractivity contribution in [1.29, 1.82) is 0 Å². The van der Waals surface area contributed by atoms with Gasteiger partial charge in [-0.05, 0) is 37.8 Å². The van der Waals surface area contributed by atoms with Gasteiger partial charge in [-0.25, -0.2) is 0 Å². The number of rotatable bonds is 8. The van der Waals surface area contributed by atoms with Crippen molar-refractivity contribution in [3.63, 3.8) is 0 Å². The molecule has 0 aliphatic rings. The average Bonchev–Trinajstić information content (AvgIpc) is 2.76. The van der Waals surface area contributed by atoms with Crippen molar-refractivity contribution in [3.05, 3.63) is 22.4 Å². The van der Waals surface area contributed by atoms with E-state index >= 15 is 0 Å². The third-order valence-corrected chi connectivity index (χ3v) is 3.31. The summed E-state index contributed by atoms with van der Waals surface area (Å²) in [7, 11) is 0. The molecule has 2 nitrogen and oxygen atoms in total. The molecule has 0 fully saturated rings. The Balaban J connectivity index is 2.31. The molecule has 0 aliphatic heterocycles. The Morgan fingerprint density at radius 3 is 2.93 bits per heavy atom. The minimum Gasteiger partial charge on any atom is -0.382 e. The van der Waals surface area contributed by atoms with Gasteiger partial charge in [0.05, 0.1) is 0 Å². The molecule has 1 N–H and O–H groups in total. The maximum absolute atomic E-state index is 5.36. The third kappa shape index (κ3) is 4.78. The van der Waals surface area contributed by atoms with Crippen molar-refractivity contribution in [2.24, 2.45) is 0 Å². The summed E-state index contributed by atoms with van der Waals surface area (Å²) in [5.74, 6) is 0. The molecule has 0 aromatic carbocycles. The van der Waals surface area contributed by atoms with Gasteiger partial charge in [-0.15, -0.1) is 11.3 Å². The summed E-state index contributed by atoms with van der Waals surface area (Å²) in [6.07, 6.45) is 2.29. The van der Waals surface area contributed by atoms with Gasteiger partial charge < -0.3 is 10.1 Å². The van der Waals surface area contributed by atoms with Crippen molar-refractivity contribution in [3.8, 4) is 0 Å². The highest BCUT2D eigenvalue weighted by molar-refractivity contribution is 7.10. The van der Waals surface area contributed by atoms with Crippen LogP contribution in [0.5, 0.6) is 0 Å². The second-order valence-corrected chi connectivity index (χ2v) is 4.44. The van der Waals surface area contributed by atoms with E-state index in [9.17, 15) is 0 Å². The van der Waals surface area contributed by atoms with E-state index < -0.39 is 0 Å². The van der Waals surface area contributed by atoms with Crippen LogP contribution in [0.1, 0.15) is 37.6 Å². The molecular weight excluding hydrogens is 206 g/mol. The predicted molar refractivity (Wildman–Crippen MR) is 66.5 cm³/mol. The molecular formula is C12H21NOS. The summed E-state index contributed by atoms with van der Waals surface area (Å²) >= 11 is 1.83. The summed E-state index contributed by atoms with van der Waals surface area (Å²) in [5, 5.41) is 5.66. The first kappa shape index (κ1) is 12.7. The van der Waals surface area contributed by atoms with Gasteiger partial charge in [-0.3, -0.25) is 0 Å². The van der Waals surface area contributed by atoms with E-state index in [-0.39, 0.29) is 0 Å². The first-order valence-electron chi connectivity index (χ1n) is 5.73. The molecule has 1 atom stereocenters. The standard InChI is InChI=1S/C12H21NOS/c1-3-13-11(7-5-9-14-4-2)12-8-6-10-15-12/h6,8,10-11,13H,3-5,7,9H2,1-2H3. The van der Waals surface area contributed by atoms with Crippen LogP contribution >= 0.6 is 11.3 Å². The van der Waals surface area contributed by atoms with Gasteiger partial charge in [0, 0.05) is 24.1 Å². The van der Waals surface area contributed by atoms with Crippen LogP contribution in [-0.4, -0.2) is 19.8 Å². The molecule has 3 heteroatoms. The first-order valence-corrected chi connectivity index (χ1v) is 6.61. The lowest BCUT2D eigenvalue weighted by Crippen LogP contribution is -2.20. The van der Waals surface area contributed by atoms with Gasteiger partial charge >= 0.3 is 0 Å². The summed E-state index contributed by atoms with van der Waals surface area (Å²) < 4.78 is 5.36. The zero-order valence-corrected chi connectivity index (χ0v) is 10.5. The first-order chi connectivity index (χ1) is 7.38. The maximum Gasteiger partial charge on any atom is 0.0466 e. The van der Waals surface area contributed by atoms with Gasteiger partial charge in [0.15, 0.2) is 0 Å². The summed E-state index contributed by atoms with van der Waals surface area (Å²) in [6.45, 7) is 6.93. The van der Waals surface area contributed by atoms with E-state index in [2.05, 4.69) is 29.8 Å². The Labute approximate surface area is 96.7 Å². The van der Waals surface area contributed by atoms with E-state index in [1.165, 1.54) is 4.88 Å². The Kier molecular flexibility index (Phi) is 6.64. The summed E-state index contributed by atoms with van der Waals surface area (Å²) in [6, 6.07) is 4.83. The van der Waals surface area contributed by atoms with Crippen molar-refractivity contribution in [2.45, 2.75) is 32.7 Å². The van der Waals surface area contributed by atoms with Gasteiger partial charge in [-0.1, -0.05) is 13.0 Å². The van der Waals surface area contributed by atoms with Crippen molar-refractivity contribution < 1.29 is 4.74 Å². The Morgan fingerprint density at radius 2 is 2.33 bits per heavy atom. The molecule has 1 aromatic rings. The number of nitrogens with one attached hydrogen (secondary N) is 1. The highest BCUT2D eigenvalue weighted by Gasteiger charge is 2.10. The molecule has 0 radical (unpaired) electrons. The smallest absolute Gasteiger partial charge is 0.0466 e. The normalized spacial score (nSPS) is 12.9. The van der Waals surface area contributed by atoms with Gasteiger partial charge in [0.2, 0.25) is 0 Å². The lowest BCUT2D eigenvalue weighted by molar-refractivity contribution is 0.141. The fraction of sp³-hybridized carbons (Fsp3) is 0.667. The number of hydrogen-bond donors (Lipinski definition) is 1. The number of hydrogen-bond acceptors (Lipinski definition) is 3. The molecule has 1 rings (SSSR count). The third-order valence-electron chi connectivity index (χ3n) is 2.32. The van der Waals surface area contributed by atoms with Gasteiger partial charge in [0.1, 0.15) is 0 Å². The molecule has 0 aliphatic carbocycles. The number of thiophene rings is 1. The molecule has 1 aromatic heterocycles. The van der Waals surface area contributed by atoms with Crippen LogP contribution in [0.2, 0.25) is 0 Å². The molecule has 0 bridgehead atoms. The van der Waals surface area contributed by atoms with Crippen molar-refractivity contribution in [1.82, 2.24) is 5.32 Å². The molecule has 0 spiro atoms. The monoisotopic (exact) mass is 227 g/mol. The largest absolute Gasteiger partial charge is 0.382 e. The molecule has 86 valence electrons. The Morgan fingerprint density at radius 1 is 1.47 bits per heavy atom. The lowest BCUT2D eigenvalue weighted by atomic mass is 10.1. The molecule has 0 saturated carbocycles. The predicted octanol–water partition coefficient (Wildman–Crippen LogP) is 3.22. The zero-order chi connectivity index (χ0) is 10.9. The van der Waals surface area contributed by atoms with Gasteiger partial charge in [-0.2, -0.15) is 0 Å². The van der Waals surface area contributed by atoms with E-state index in [1.54, 1.807) is 0 Å². The topological polar surface area (TPSA) is 21.3 Å². The number of ether oxygens (including phenoxy) is 1. The van der Waals surface area contributed by atoms with Crippen LogP contribution in [0.4, 0.5) is 0 Å². The Bertz CT molecular complexity index is 236. The molecule has 1 heterocycles. The minimum absolute atomic E-state index is 0.510. The van der Waals surface area contributed by atoms with Crippen LogP contribution in [0.3, 0.4) is 0 Å². The average molecular weight is 227 g/mol. The fourth-order valence-corrected chi connectivity index (χ4v) is 2.45. The van der Waals surface area contributed by atoms with E-state index in [4.69, 9.17) is 4.74 Å². The van der Waals surface area contributed by atoms with Crippen LogP contribution in [-0.2, 0) is 4.74 Å². The fourth-order valence-electron chi connectivity index (χ4n) is 1.61. The molecule has 1 unspecified atom stereocenters. The summed E-state index contributed by atoms with van der Waals surface area (Å²) in [4.78, 5) is 1.44. The SMILES string of the molecule is CCNC(CCCOCC)c1cccs1. The zero-order valence-electron chi connectivity index (χ0n) is 9.66. The van der Waals surface area contributed by atoms with E-state index in [1.807, 2.05) is 18.3 Å². The van der Waals surface area contributed by atoms with Gasteiger partial charge in [0.25, 0.3) is 0 Å². The van der Waals surface area contributed by atoms with Crippen LogP contribution < -0.4 is 5.32 Å². The molecule has 15 heavy (non-hydrogen) atoms. The van der Waals surface area contributed by atoms with E-state index in [0.29, 0.717) is 6.04 Å². The summed E-state index contributed by atoms with van der Waals surface area (Å²) in [5.41, 5.74) is 0. The highest BCUT2D eigenvalue weighted by atomic mass is 32.1. The Hall–Kier alpha value is -0.380. The molecule has 0 amide bonds. The van der Waals surface area contributed by atoms with Crippen LogP contribution in [0.15, 0.2) is 17.5 Å². The minimum atomic E-state index is 0.510. The van der Waals surface area contributed by atoms with Crippen LogP contribution in [0, 0.1) is 0 Å². The van der Waals surface area contributed by atoms with Crippen LogP contribution in [0.25, 0.3) is 0 Å². The second kappa shape index (κ2) is 7.85. The second-order valence-electron chi connectivity index (χ2n) is 3.46. The lowest BCUT2D eigenvalue weighted by Gasteiger charge is -2.16. The van der Waals surface area contributed by atoms with E-state index in [0.717, 1.165) is 32.6 Å². The highest BCUT2D eigenvalue weighted by Crippen LogP contribution is 2.22. The quantitative estimate of drug-likeness (QED) is 0.689. The van der Waals surface area contributed by atoms with Crippen molar-refractivity contribution in [2.75, 3.05) is 19.8 Å². The molecule has 0 saturated heterocycles.